The monoisotopic (exact) mass is 392 g/mol. The summed E-state index contributed by atoms with van der Waals surface area (Å²) in [5.41, 5.74) is 3.13. The molecule has 28 heavy (non-hydrogen) atoms. The summed E-state index contributed by atoms with van der Waals surface area (Å²) in [7, 11) is 0. The van der Waals surface area contributed by atoms with Crippen molar-refractivity contribution in [3.05, 3.63) is 86.8 Å². The number of nitrogens with one attached hydrogen (secondary N) is 1. The van der Waals surface area contributed by atoms with Gasteiger partial charge in [0, 0.05) is 10.7 Å². The van der Waals surface area contributed by atoms with Crippen LogP contribution >= 0.6 is 11.6 Å². The summed E-state index contributed by atoms with van der Waals surface area (Å²) in [6.45, 7) is 3.55. The SMILES string of the molecule is CC1=NN(c2ccccc2)C(=O)/C1=C\c1c(C)[nH]n(-c2ccc(Cl)cc2)c1=O. The van der Waals surface area contributed by atoms with E-state index in [-0.39, 0.29) is 11.5 Å². The molecule has 1 aromatic heterocycles. The van der Waals surface area contributed by atoms with Crippen molar-refractivity contribution in [3.8, 4) is 5.69 Å². The van der Waals surface area contributed by atoms with E-state index in [0.29, 0.717) is 38.9 Å². The number of rotatable bonds is 3. The van der Waals surface area contributed by atoms with Crippen LogP contribution in [0.4, 0.5) is 5.69 Å². The third-order valence-electron chi connectivity index (χ3n) is 4.55. The number of aryl methyl sites for hydroxylation is 1. The number of hydrogen-bond acceptors (Lipinski definition) is 3. The first kappa shape index (κ1) is 18.0. The van der Waals surface area contributed by atoms with Gasteiger partial charge in [-0.2, -0.15) is 10.1 Å². The van der Waals surface area contributed by atoms with Crippen molar-refractivity contribution >= 4 is 35.0 Å². The Morgan fingerprint density at radius 3 is 2.32 bits per heavy atom. The highest BCUT2D eigenvalue weighted by atomic mass is 35.5. The number of amides is 1. The van der Waals surface area contributed by atoms with Crippen LogP contribution in [-0.4, -0.2) is 21.4 Å². The van der Waals surface area contributed by atoms with Crippen molar-refractivity contribution in [2.75, 3.05) is 5.01 Å². The summed E-state index contributed by atoms with van der Waals surface area (Å²) in [5, 5.41) is 9.33. The Kier molecular flexibility index (Phi) is 4.49. The van der Waals surface area contributed by atoms with Crippen LogP contribution in [-0.2, 0) is 4.79 Å². The minimum atomic E-state index is -0.262. The van der Waals surface area contributed by atoms with Crippen LogP contribution in [0.2, 0.25) is 5.02 Å². The highest BCUT2D eigenvalue weighted by molar-refractivity contribution is 6.32. The van der Waals surface area contributed by atoms with E-state index in [1.807, 2.05) is 30.3 Å². The Bertz CT molecular complexity index is 1170. The van der Waals surface area contributed by atoms with E-state index >= 15 is 0 Å². The molecular formula is C21H17ClN4O2. The van der Waals surface area contributed by atoms with E-state index < -0.39 is 0 Å². The molecule has 6 nitrogen and oxygen atoms in total. The number of aromatic amines is 1. The molecule has 140 valence electrons. The maximum absolute atomic E-state index is 12.9. The van der Waals surface area contributed by atoms with Crippen molar-refractivity contribution < 1.29 is 4.79 Å². The second-order valence-electron chi connectivity index (χ2n) is 6.46. The zero-order valence-electron chi connectivity index (χ0n) is 15.3. The third-order valence-corrected chi connectivity index (χ3v) is 4.81. The lowest BCUT2D eigenvalue weighted by molar-refractivity contribution is -0.114. The lowest BCUT2D eigenvalue weighted by Gasteiger charge is -2.10. The topological polar surface area (TPSA) is 70.5 Å². The van der Waals surface area contributed by atoms with E-state index in [1.54, 1.807) is 44.2 Å². The zero-order chi connectivity index (χ0) is 19.8. The van der Waals surface area contributed by atoms with E-state index in [4.69, 9.17) is 11.6 Å². The van der Waals surface area contributed by atoms with Gasteiger partial charge in [-0.25, -0.2) is 4.68 Å². The Hall–Kier alpha value is -3.38. The van der Waals surface area contributed by atoms with Crippen LogP contribution in [0.3, 0.4) is 0 Å². The Balaban J connectivity index is 1.74. The average molecular weight is 393 g/mol. The van der Waals surface area contributed by atoms with Crippen molar-refractivity contribution in [3.63, 3.8) is 0 Å². The first-order valence-electron chi connectivity index (χ1n) is 8.70. The largest absolute Gasteiger partial charge is 0.295 e. The summed E-state index contributed by atoms with van der Waals surface area (Å²) in [5.74, 6) is -0.262. The van der Waals surface area contributed by atoms with Gasteiger partial charge in [0.15, 0.2) is 0 Å². The molecule has 2 aromatic carbocycles. The lowest BCUT2D eigenvalue weighted by atomic mass is 10.1. The van der Waals surface area contributed by atoms with Crippen molar-refractivity contribution in [1.82, 2.24) is 9.78 Å². The molecule has 0 radical (unpaired) electrons. The van der Waals surface area contributed by atoms with E-state index in [0.717, 1.165) is 0 Å². The fraction of sp³-hybridized carbons (Fsp3) is 0.0952. The van der Waals surface area contributed by atoms with Crippen LogP contribution in [0.5, 0.6) is 0 Å². The van der Waals surface area contributed by atoms with Gasteiger partial charge in [0.05, 0.1) is 28.2 Å². The van der Waals surface area contributed by atoms with Gasteiger partial charge in [0.1, 0.15) is 0 Å². The van der Waals surface area contributed by atoms with Crippen LogP contribution in [0, 0.1) is 6.92 Å². The smallest absolute Gasteiger partial charge is 0.280 e. The molecule has 2 heterocycles. The first-order valence-corrected chi connectivity index (χ1v) is 9.08. The lowest BCUT2D eigenvalue weighted by Crippen LogP contribution is -2.21. The molecule has 0 fully saturated rings. The average Bonchev–Trinajstić information content (AvgIpc) is 3.14. The summed E-state index contributed by atoms with van der Waals surface area (Å²) in [6, 6.07) is 16.1. The number of H-pyrrole nitrogens is 1. The van der Waals surface area contributed by atoms with Crippen molar-refractivity contribution in [2.24, 2.45) is 5.10 Å². The van der Waals surface area contributed by atoms with Crippen LogP contribution < -0.4 is 10.6 Å². The van der Waals surface area contributed by atoms with Gasteiger partial charge in [-0.3, -0.25) is 14.7 Å². The number of carbonyl (C=O) groups excluding carboxylic acids is 1. The van der Waals surface area contributed by atoms with Gasteiger partial charge >= 0.3 is 0 Å². The molecule has 1 amide bonds. The summed E-state index contributed by atoms with van der Waals surface area (Å²) in [4.78, 5) is 25.8. The molecule has 7 heteroatoms. The second kappa shape index (κ2) is 6.98. The molecule has 0 aliphatic carbocycles. The number of halogens is 1. The number of para-hydroxylation sites is 1. The van der Waals surface area contributed by atoms with Gasteiger partial charge in [0.2, 0.25) is 0 Å². The van der Waals surface area contributed by atoms with Gasteiger partial charge in [-0.1, -0.05) is 29.8 Å². The quantitative estimate of drug-likeness (QED) is 0.686. The molecular weight excluding hydrogens is 376 g/mol. The first-order chi connectivity index (χ1) is 13.5. The van der Waals surface area contributed by atoms with Gasteiger partial charge in [-0.05, 0) is 56.3 Å². The number of hydrazone groups is 1. The fourth-order valence-electron chi connectivity index (χ4n) is 3.07. The number of nitrogens with zero attached hydrogens (tertiary/aromatic N) is 3. The number of anilines is 1. The number of aromatic nitrogens is 2. The van der Waals surface area contributed by atoms with E-state index in [9.17, 15) is 9.59 Å². The molecule has 0 spiro atoms. The predicted molar refractivity (Wildman–Crippen MR) is 111 cm³/mol. The minimum absolute atomic E-state index is 0.244. The molecule has 0 unspecified atom stereocenters. The molecule has 0 saturated carbocycles. The molecule has 1 N–H and O–H groups in total. The predicted octanol–water partition coefficient (Wildman–Crippen LogP) is 3.93. The van der Waals surface area contributed by atoms with E-state index in [2.05, 4.69) is 10.2 Å². The molecule has 1 aliphatic heterocycles. The molecule has 0 bridgehead atoms. The van der Waals surface area contributed by atoms with Gasteiger partial charge < -0.3 is 0 Å². The summed E-state index contributed by atoms with van der Waals surface area (Å²) in [6.07, 6.45) is 1.60. The molecule has 3 aromatic rings. The normalized spacial score (nSPS) is 15.4. The van der Waals surface area contributed by atoms with Gasteiger partial charge in [-0.15, -0.1) is 0 Å². The third kappa shape index (κ3) is 3.08. The highest BCUT2D eigenvalue weighted by Crippen LogP contribution is 2.24. The van der Waals surface area contributed by atoms with Crippen LogP contribution in [0.1, 0.15) is 18.2 Å². The molecule has 1 aliphatic rings. The second-order valence-corrected chi connectivity index (χ2v) is 6.90. The minimum Gasteiger partial charge on any atom is -0.295 e. The Labute approximate surface area is 166 Å². The fourth-order valence-corrected chi connectivity index (χ4v) is 3.20. The van der Waals surface area contributed by atoms with E-state index in [1.165, 1.54) is 9.69 Å². The maximum Gasteiger partial charge on any atom is 0.280 e. The molecule has 0 saturated heterocycles. The zero-order valence-corrected chi connectivity index (χ0v) is 16.1. The van der Waals surface area contributed by atoms with Crippen LogP contribution in [0.15, 0.2) is 70.1 Å². The highest BCUT2D eigenvalue weighted by Gasteiger charge is 2.29. The standard InChI is InChI=1S/C21H17ClN4O2/c1-13-18(20(27)25(23-13)16-6-4-3-5-7-16)12-19-14(2)24-26(21(19)28)17-10-8-15(22)9-11-17/h3-12,24H,1-2H3/b18-12-. The maximum atomic E-state index is 12.9. The summed E-state index contributed by atoms with van der Waals surface area (Å²) >= 11 is 5.92. The summed E-state index contributed by atoms with van der Waals surface area (Å²) < 4.78 is 1.43. The van der Waals surface area contributed by atoms with Gasteiger partial charge in [0.25, 0.3) is 11.5 Å². The molecule has 4 rings (SSSR count). The van der Waals surface area contributed by atoms with Crippen molar-refractivity contribution in [1.29, 1.82) is 0 Å². The Morgan fingerprint density at radius 1 is 0.964 bits per heavy atom. The number of benzene rings is 2. The number of hydrogen-bond donors (Lipinski definition) is 1. The van der Waals surface area contributed by atoms with Crippen LogP contribution in [0.25, 0.3) is 11.8 Å². The number of carbonyl (C=O) groups is 1. The molecule has 0 atom stereocenters. The Morgan fingerprint density at radius 2 is 1.64 bits per heavy atom. The van der Waals surface area contributed by atoms with Crippen molar-refractivity contribution in [2.45, 2.75) is 13.8 Å².